The van der Waals surface area contributed by atoms with E-state index in [0.29, 0.717) is 0 Å². The predicted molar refractivity (Wildman–Crippen MR) is 96.6 cm³/mol. The molecule has 1 saturated heterocycles. The summed E-state index contributed by atoms with van der Waals surface area (Å²) in [5, 5.41) is 48.5. The second-order valence-corrected chi connectivity index (χ2v) is 6.70. The number of hydrogen-bond acceptors (Lipinski definition) is 9. The first-order chi connectivity index (χ1) is 13.9. The SMILES string of the molecule is N=c1c2ncn(C3OC(CO)C(O)C3O)c2ncn1Cc1ccc([N+](=O)[O-])cc1. The summed E-state index contributed by atoms with van der Waals surface area (Å²) in [6.07, 6.45) is -1.69. The molecule has 1 aromatic carbocycles. The van der Waals surface area contributed by atoms with Crippen LogP contribution in [-0.2, 0) is 11.3 Å². The molecule has 3 heterocycles. The maximum atomic E-state index is 10.8. The molecule has 1 aliphatic rings. The Hall–Kier alpha value is -3.19. The molecule has 0 bridgehead atoms. The van der Waals surface area contributed by atoms with E-state index in [-0.39, 0.29) is 28.9 Å². The third-order valence-corrected chi connectivity index (χ3v) is 4.89. The minimum atomic E-state index is -1.28. The molecule has 0 spiro atoms. The Labute approximate surface area is 162 Å². The van der Waals surface area contributed by atoms with Gasteiger partial charge in [-0.2, -0.15) is 0 Å². The average molecular weight is 402 g/mol. The number of fused-ring (bicyclic) bond motifs is 1. The number of aliphatic hydroxyl groups excluding tert-OH is 3. The van der Waals surface area contributed by atoms with Crippen molar-refractivity contribution in [1.82, 2.24) is 19.1 Å². The zero-order valence-electron chi connectivity index (χ0n) is 15.0. The summed E-state index contributed by atoms with van der Waals surface area (Å²) in [7, 11) is 0. The van der Waals surface area contributed by atoms with Gasteiger partial charge in [0.15, 0.2) is 17.4 Å². The molecular weight excluding hydrogens is 384 g/mol. The maximum Gasteiger partial charge on any atom is 0.269 e. The van der Waals surface area contributed by atoms with Crippen LogP contribution in [0.15, 0.2) is 36.9 Å². The number of imidazole rings is 1. The lowest BCUT2D eigenvalue weighted by Crippen LogP contribution is -2.33. The van der Waals surface area contributed by atoms with Crippen LogP contribution >= 0.6 is 0 Å². The van der Waals surface area contributed by atoms with Crippen molar-refractivity contribution in [2.75, 3.05) is 6.61 Å². The van der Waals surface area contributed by atoms with Gasteiger partial charge in [0.25, 0.3) is 5.69 Å². The van der Waals surface area contributed by atoms with Crippen LogP contribution < -0.4 is 5.49 Å². The Morgan fingerprint density at radius 3 is 2.52 bits per heavy atom. The van der Waals surface area contributed by atoms with Crippen LogP contribution in [0, 0.1) is 15.5 Å². The number of nitrogens with one attached hydrogen (secondary N) is 1. The number of nitro benzene ring substituents is 1. The van der Waals surface area contributed by atoms with Gasteiger partial charge >= 0.3 is 0 Å². The third kappa shape index (κ3) is 3.27. The Morgan fingerprint density at radius 2 is 1.90 bits per heavy atom. The Morgan fingerprint density at radius 1 is 1.17 bits per heavy atom. The first-order valence-corrected chi connectivity index (χ1v) is 8.73. The zero-order chi connectivity index (χ0) is 20.7. The first kappa shape index (κ1) is 19.1. The van der Waals surface area contributed by atoms with Gasteiger partial charge in [-0.15, -0.1) is 0 Å². The number of aliphatic hydroxyl groups is 3. The summed E-state index contributed by atoms with van der Waals surface area (Å²) < 4.78 is 8.43. The molecule has 0 amide bonds. The minimum absolute atomic E-state index is 0.0179. The highest BCUT2D eigenvalue weighted by Gasteiger charge is 2.43. The maximum absolute atomic E-state index is 10.8. The number of benzene rings is 1. The Bertz CT molecular complexity index is 1110. The van der Waals surface area contributed by atoms with Crippen molar-refractivity contribution in [3.8, 4) is 0 Å². The molecular formula is C17H18N6O6. The summed E-state index contributed by atoms with van der Waals surface area (Å²) in [6, 6.07) is 5.99. The normalized spacial score (nSPS) is 24.2. The highest BCUT2D eigenvalue weighted by atomic mass is 16.6. The average Bonchev–Trinajstić information content (AvgIpc) is 3.26. The zero-order valence-corrected chi connectivity index (χ0v) is 15.0. The monoisotopic (exact) mass is 402 g/mol. The van der Waals surface area contributed by atoms with Crippen molar-refractivity contribution < 1.29 is 25.0 Å². The fraction of sp³-hybridized carbons (Fsp3) is 0.353. The number of aromatic nitrogens is 4. The third-order valence-electron chi connectivity index (χ3n) is 4.89. The van der Waals surface area contributed by atoms with Gasteiger partial charge in [0.05, 0.1) is 30.7 Å². The fourth-order valence-corrected chi connectivity index (χ4v) is 3.30. The Kier molecular flexibility index (Phi) is 4.84. The van der Waals surface area contributed by atoms with Crippen LogP contribution in [0.3, 0.4) is 0 Å². The molecule has 2 aromatic heterocycles. The molecule has 29 heavy (non-hydrogen) atoms. The van der Waals surface area contributed by atoms with E-state index in [2.05, 4.69) is 9.97 Å². The topological polar surface area (TPSA) is 173 Å². The van der Waals surface area contributed by atoms with E-state index < -0.39 is 36.1 Å². The predicted octanol–water partition coefficient (Wildman–Crippen LogP) is -0.720. The summed E-state index contributed by atoms with van der Waals surface area (Å²) in [6.45, 7) is -0.186. The van der Waals surface area contributed by atoms with Crippen molar-refractivity contribution >= 4 is 16.9 Å². The summed E-state index contributed by atoms with van der Waals surface area (Å²) in [5.41, 5.74) is 1.32. The standard InChI is InChI=1S/C17H18N6O6/c18-15-12-16(22(8-19-12)17-14(26)13(25)11(6-24)29-17)20-7-21(15)5-9-1-3-10(4-2-9)23(27)28/h1-4,7-8,11,13-14,17-18,24-26H,5-6H2. The second-order valence-electron chi connectivity index (χ2n) is 6.70. The second kappa shape index (κ2) is 7.33. The largest absolute Gasteiger partial charge is 0.394 e. The van der Waals surface area contributed by atoms with Crippen LogP contribution in [0.4, 0.5) is 5.69 Å². The van der Waals surface area contributed by atoms with Crippen molar-refractivity contribution in [3.05, 3.63) is 58.1 Å². The molecule has 12 nitrogen and oxygen atoms in total. The molecule has 0 radical (unpaired) electrons. The fourth-order valence-electron chi connectivity index (χ4n) is 3.30. The number of nitro groups is 1. The van der Waals surface area contributed by atoms with E-state index in [1.54, 1.807) is 12.1 Å². The van der Waals surface area contributed by atoms with Gasteiger partial charge in [-0.1, -0.05) is 12.1 Å². The molecule has 1 fully saturated rings. The number of non-ortho nitro benzene ring substituents is 1. The number of nitrogens with zero attached hydrogens (tertiary/aromatic N) is 5. The Balaban J connectivity index is 1.64. The van der Waals surface area contributed by atoms with Gasteiger partial charge in [-0.3, -0.25) is 20.1 Å². The molecule has 152 valence electrons. The number of hydrogen-bond donors (Lipinski definition) is 4. The highest BCUT2D eigenvalue weighted by molar-refractivity contribution is 5.68. The molecule has 4 N–H and O–H groups in total. The van der Waals surface area contributed by atoms with Gasteiger partial charge in [0.1, 0.15) is 23.8 Å². The quantitative estimate of drug-likeness (QED) is 0.320. The summed E-state index contributed by atoms with van der Waals surface area (Å²) in [5.74, 6) is 0. The molecule has 1 aliphatic heterocycles. The van der Waals surface area contributed by atoms with E-state index in [1.165, 1.54) is 33.9 Å². The summed E-state index contributed by atoms with van der Waals surface area (Å²) >= 11 is 0. The van der Waals surface area contributed by atoms with Crippen molar-refractivity contribution in [1.29, 1.82) is 5.41 Å². The molecule has 4 atom stereocenters. The van der Waals surface area contributed by atoms with Crippen LogP contribution in [-0.4, -0.2) is 64.3 Å². The molecule has 3 aromatic rings. The van der Waals surface area contributed by atoms with Crippen molar-refractivity contribution in [2.24, 2.45) is 0 Å². The smallest absolute Gasteiger partial charge is 0.269 e. The highest BCUT2D eigenvalue weighted by Crippen LogP contribution is 2.30. The van der Waals surface area contributed by atoms with Gasteiger partial charge in [0, 0.05) is 12.1 Å². The van der Waals surface area contributed by atoms with E-state index in [4.69, 9.17) is 10.1 Å². The number of ether oxygens (including phenoxy) is 1. The molecule has 0 aliphatic carbocycles. The first-order valence-electron chi connectivity index (χ1n) is 8.73. The van der Waals surface area contributed by atoms with E-state index in [9.17, 15) is 25.4 Å². The molecule has 12 heteroatoms. The van der Waals surface area contributed by atoms with Gasteiger partial charge in [-0.05, 0) is 5.56 Å². The van der Waals surface area contributed by atoms with Crippen LogP contribution in [0.25, 0.3) is 11.2 Å². The lowest BCUT2D eigenvalue weighted by atomic mass is 10.1. The minimum Gasteiger partial charge on any atom is -0.394 e. The molecule has 0 saturated carbocycles. The number of rotatable bonds is 5. The van der Waals surface area contributed by atoms with Crippen molar-refractivity contribution in [2.45, 2.75) is 31.1 Å². The molecule has 4 unspecified atom stereocenters. The van der Waals surface area contributed by atoms with Gasteiger partial charge in [-0.25, -0.2) is 9.97 Å². The van der Waals surface area contributed by atoms with Crippen LogP contribution in [0.2, 0.25) is 0 Å². The van der Waals surface area contributed by atoms with Gasteiger partial charge in [0.2, 0.25) is 0 Å². The van der Waals surface area contributed by atoms with E-state index >= 15 is 0 Å². The van der Waals surface area contributed by atoms with Crippen molar-refractivity contribution in [3.63, 3.8) is 0 Å². The van der Waals surface area contributed by atoms with E-state index in [1.807, 2.05) is 0 Å². The lowest BCUT2D eigenvalue weighted by molar-refractivity contribution is -0.384. The summed E-state index contributed by atoms with van der Waals surface area (Å²) in [4.78, 5) is 18.8. The van der Waals surface area contributed by atoms with Crippen LogP contribution in [0.5, 0.6) is 0 Å². The lowest BCUT2D eigenvalue weighted by Gasteiger charge is -2.16. The van der Waals surface area contributed by atoms with E-state index in [0.717, 1.165) is 5.56 Å². The molecule has 4 rings (SSSR count). The van der Waals surface area contributed by atoms with Gasteiger partial charge < -0.3 is 24.6 Å². The van der Waals surface area contributed by atoms with Crippen LogP contribution in [0.1, 0.15) is 11.8 Å².